The first kappa shape index (κ1) is 11.5. The maximum Gasteiger partial charge on any atom is 0.183 e. The predicted octanol–water partition coefficient (Wildman–Crippen LogP) is 3.39. The fourth-order valence-corrected chi connectivity index (χ4v) is 3.32. The number of nitrogen functional groups attached to an aromatic ring is 1. The predicted molar refractivity (Wildman–Crippen MR) is 77.0 cm³/mol. The Bertz CT molecular complexity index is 562. The number of nitrogens with zero attached hydrogens (tertiary/aromatic N) is 1. The van der Waals surface area contributed by atoms with Gasteiger partial charge in [-0.25, -0.2) is 4.98 Å². The molecule has 0 fully saturated rings. The van der Waals surface area contributed by atoms with Crippen LogP contribution in [0.4, 0.5) is 10.8 Å². The number of rotatable bonds is 3. The Labute approximate surface area is 111 Å². The molecule has 3 N–H and O–H groups in total. The number of hydrogen-bond donors (Lipinski definition) is 2. The van der Waals surface area contributed by atoms with E-state index in [1.165, 1.54) is 11.1 Å². The summed E-state index contributed by atoms with van der Waals surface area (Å²) in [6.45, 7) is 2.13. The molecule has 1 aliphatic carbocycles. The Balaban J connectivity index is 1.80. The summed E-state index contributed by atoms with van der Waals surface area (Å²) in [5, 5.41) is 6.69. The van der Waals surface area contributed by atoms with E-state index in [0.717, 1.165) is 35.8 Å². The molecule has 0 saturated carbocycles. The van der Waals surface area contributed by atoms with Gasteiger partial charge in [-0.1, -0.05) is 13.0 Å². The number of nitrogens with two attached hydrogens (primary N) is 1. The lowest BCUT2D eigenvalue weighted by atomic mass is 10.1. The average Bonchev–Trinajstić information content (AvgIpc) is 2.97. The van der Waals surface area contributed by atoms with Gasteiger partial charge in [0.15, 0.2) is 5.13 Å². The lowest BCUT2D eigenvalue weighted by Gasteiger charge is -2.13. The first-order chi connectivity index (χ1) is 8.76. The monoisotopic (exact) mass is 259 g/mol. The number of benzene rings is 1. The van der Waals surface area contributed by atoms with Crippen LogP contribution < -0.4 is 11.1 Å². The zero-order valence-corrected chi connectivity index (χ0v) is 11.3. The topological polar surface area (TPSA) is 50.9 Å². The molecule has 0 spiro atoms. The summed E-state index contributed by atoms with van der Waals surface area (Å²) < 4.78 is 0. The van der Waals surface area contributed by atoms with Gasteiger partial charge in [0.25, 0.3) is 0 Å². The molecule has 94 valence electrons. The molecule has 1 aromatic carbocycles. The molecule has 0 bridgehead atoms. The number of nitrogens with one attached hydrogen (secondary N) is 1. The van der Waals surface area contributed by atoms with Gasteiger partial charge >= 0.3 is 0 Å². The van der Waals surface area contributed by atoms with Crippen LogP contribution in [0, 0.1) is 0 Å². The van der Waals surface area contributed by atoms with E-state index < -0.39 is 0 Å². The highest BCUT2D eigenvalue weighted by Gasteiger charge is 2.22. The molecule has 3 nitrogen and oxygen atoms in total. The minimum Gasteiger partial charge on any atom is -0.399 e. The van der Waals surface area contributed by atoms with Crippen LogP contribution in [-0.2, 0) is 12.8 Å². The molecular formula is C14H17N3S. The summed E-state index contributed by atoms with van der Waals surface area (Å²) in [5.74, 6) is 0. The summed E-state index contributed by atoms with van der Waals surface area (Å²) in [4.78, 5) is 4.57. The summed E-state index contributed by atoms with van der Waals surface area (Å²) in [5.41, 5.74) is 10.6. The smallest absolute Gasteiger partial charge is 0.183 e. The van der Waals surface area contributed by atoms with Crippen LogP contribution in [0.1, 0.15) is 36.2 Å². The second-order valence-electron chi connectivity index (χ2n) is 4.69. The molecule has 1 heterocycles. The van der Waals surface area contributed by atoms with Crippen molar-refractivity contribution in [3.8, 4) is 0 Å². The van der Waals surface area contributed by atoms with Gasteiger partial charge in [0.1, 0.15) is 0 Å². The van der Waals surface area contributed by atoms with Gasteiger partial charge in [-0.3, -0.25) is 0 Å². The highest BCUT2D eigenvalue weighted by atomic mass is 32.1. The first-order valence-corrected chi connectivity index (χ1v) is 7.23. The van der Waals surface area contributed by atoms with Crippen molar-refractivity contribution in [1.29, 1.82) is 0 Å². The van der Waals surface area contributed by atoms with Gasteiger partial charge < -0.3 is 11.1 Å². The van der Waals surface area contributed by atoms with E-state index in [0.29, 0.717) is 6.04 Å². The van der Waals surface area contributed by atoms with Crippen molar-refractivity contribution >= 4 is 22.2 Å². The lowest BCUT2D eigenvalue weighted by Crippen LogP contribution is -2.06. The SMILES string of the molecule is CCc1csc(NC2CCc3cc(N)ccc32)n1. The van der Waals surface area contributed by atoms with Crippen molar-refractivity contribution in [2.24, 2.45) is 0 Å². The fraction of sp³-hybridized carbons (Fsp3) is 0.357. The van der Waals surface area contributed by atoms with Crippen LogP contribution in [-0.4, -0.2) is 4.98 Å². The van der Waals surface area contributed by atoms with Gasteiger partial charge in [0.2, 0.25) is 0 Å². The number of hydrogen-bond acceptors (Lipinski definition) is 4. The van der Waals surface area contributed by atoms with E-state index >= 15 is 0 Å². The number of aryl methyl sites for hydroxylation is 2. The second kappa shape index (κ2) is 4.61. The van der Waals surface area contributed by atoms with Gasteiger partial charge in [-0.2, -0.15) is 0 Å². The Morgan fingerprint density at radius 1 is 1.50 bits per heavy atom. The van der Waals surface area contributed by atoms with Crippen LogP contribution in [0.25, 0.3) is 0 Å². The Morgan fingerprint density at radius 2 is 2.39 bits per heavy atom. The Morgan fingerprint density at radius 3 is 3.17 bits per heavy atom. The summed E-state index contributed by atoms with van der Waals surface area (Å²) in [6.07, 6.45) is 3.22. The van der Waals surface area contributed by atoms with Crippen molar-refractivity contribution < 1.29 is 0 Å². The third-order valence-electron chi connectivity index (χ3n) is 3.46. The van der Waals surface area contributed by atoms with Crippen LogP contribution in [0.5, 0.6) is 0 Å². The summed E-state index contributed by atoms with van der Waals surface area (Å²) in [7, 11) is 0. The summed E-state index contributed by atoms with van der Waals surface area (Å²) >= 11 is 1.69. The average molecular weight is 259 g/mol. The third kappa shape index (κ3) is 2.08. The Hall–Kier alpha value is -1.55. The quantitative estimate of drug-likeness (QED) is 0.831. The highest BCUT2D eigenvalue weighted by Crippen LogP contribution is 2.35. The molecular weight excluding hydrogens is 242 g/mol. The molecule has 0 saturated heterocycles. The normalized spacial score (nSPS) is 17.7. The molecule has 1 unspecified atom stereocenters. The lowest BCUT2D eigenvalue weighted by molar-refractivity contribution is 0.760. The molecule has 1 aliphatic rings. The molecule has 0 amide bonds. The van der Waals surface area contributed by atoms with Crippen LogP contribution in [0.15, 0.2) is 23.6 Å². The van der Waals surface area contributed by atoms with Gasteiger partial charge in [-0.15, -0.1) is 11.3 Å². The number of thiazole rings is 1. The van der Waals surface area contributed by atoms with Gasteiger partial charge in [0.05, 0.1) is 11.7 Å². The maximum absolute atomic E-state index is 5.82. The van der Waals surface area contributed by atoms with E-state index in [1.807, 2.05) is 6.07 Å². The molecule has 4 heteroatoms. The van der Waals surface area contributed by atoms with Crippen molar-refractivity contribution in [3.63, 3.8) is 0 Å². The number of anilines is 2. The van der Waals surface area contributed by atoms with E-state index in [9.17, 15) is 0 Å². The number of fused-ring (bicyclic) bond motifs is 1. The molecule has 0 aliphatic heterocycles. The van der Waals surface area contributed by atoms with E-state index in [-0.39, 0.29) is 0 Å². The highest BCUT2D eigenvalue weighted by molar-refractivity contribution is 7.13. The van der Waals surface area contributed by atoms with Crippen molar-refractivity contribution in [2.45, 2.75) is 32.2 Å². The maximum atomic E-state index is 5.82. The molecule has 1 aromatic heterocycles. The van der Waals surface area contributed by atoms with Gasteiger partial charge in [-0.05, 0) is 42.5 Å². The van der Waals surface area contributed by atoms with Crippen LogP contribution in [0.3, 0.4) is 0 Å². The zero-order valence-electron chi connectivity index (χ0n) is 10.4. The standard InChI is InChI=1S/C14H17N3S/c1-2-11-8-18-14(16-11)17-13-6-3-9-7-10(15)4-5-12(9)13/h4-5,7-8,13H,2-3,6,15H2,1H3,(H,16,17). The number of aromatic nitrogens is 1. The molecule has 2 aromatic rings. The first-order valence-electron chi connectivity index (χ1n) is 6.35. The molecule has 0 radical (unpaired) electrons. The Kier molecular flexibility index (Phi) is 2.96. The van der Waals surface area contributed by atoms with Crippen LogP contribution in [0.2, 0.25) is 0 Å². The van der Waals surface area contributed by atoms with Crippen molar-refractivity contribution in [3.05, 3.63) is 40.4 Å². The van der Waals surface area contributed by atoms with Crippen molar-refractivity contribution in [2.75, 3.05) is 11.1 Å². The zero-order chi connectivity index (χ0) is 12.5. The van der Waals surface area contributed by atoms with Crippen LogP contribution >= 0.6 is 11.3 Å². The van der Waals surface area contributed by atoms with E-state index in [2.05, 4.69) is 34.7 Å². The fourth-order valence-electron chi connectivity index (χ4n) is 2.47. The minimum atomic E-state index is 0.386. The van der Waals surface area contributed by atoms with Gasteiger partial charge in [0, 0.05) is 11.1 Å². The molecule has 18 heavy (non-hydrogen) atoms. The largest absolute Gasteiger partial charge is 0.399 e. The summed E-state index contributed by atoms with van der Waals surface area (Å²) in [6, 6.07) is 6.61. The molecule has 1 atom stereocenters. The van der Waals surface area contributed by atoms with E-state index in [1.54, 1.807) is 11.3 Å². The van der Waals surface area contributed by atoms with Crippen molar-refractivity contribution in [1.82, 2.24) is 4.98 Å². The second-order valence-corrected chi connectivity index (χ2v) is 5.55. The third-order valence-corrected chi connectivity index (χ3v) is 4.28. The molecule has 3 rings (SSSR count). The minimum absolute atomic E-state index is 0.386. The van der Waals surface area contributed by atoms with E-state index in [4.69, 9.17) is 5.73 Å².